The number of carboxylic acids is 1. The number of carboxylic acid groups (broad SMARTS) is 1. The Morgan fingerprint density at radius 3 is 2.52 bits per heavy atom. The Morgan fingerprint density at radius 1 is 1.12 bits per heavy atom. The highest BCUT2D eigenvalue weighted by atomic mass is 35.5. The molecule has 2 aliphatic heterocycles. The van der Waals surface area contributed by atoms with Crippen molar-refractivity contribution in [1.29, 1.82) is 0 Å². The van der Waals surface area contributed by atoms with Gasteiger partial charge >= 0.3 is 5.97 Å². The van der Waals surface area contributed by atoms with Crippen LogP contribution < -0.4 is 14.8 Å². The summed E-state index contributed by atoms with van der Waals surface area (Å²) in [5.74, 6) is -2.31. The minimum Gasteiger partial charge on any atom is -0.614 e. The molecule has 40 heavy (non-hydrogen) atoms. The third kappa shape index (κ3) is 5.67. The van der Waals surface area contributed by atoms with E-state index in [1.54, 1.807) is 18.2 Å². The molecular weight excluding hydrogens is 611 g/mol. The third-order valence-corrected chi connectivity index (χ3v) is 8.26. The molecule has 17 heteroatoms. The molecular formula is C23H17Cl3N6O7S. The summed E-state index contributed by atoms with van der Waals surface area (Å²) in [6.45, 7) is -0.618. The Hall–Kier alpha value is -3.56. The average Bonchev–Trinajstić information content (AvgIpc) is 3.41. The van der Waals surface area contributed by atoms with Gasteiger partial charge in [-0.3, -0.25) is 14.5 Å². The van der Waals surface area contributed by atoms with Crippen LogP contribution in [0.2, 0.25) is 15.1 Å². The number of amides is 2. The average molecular weight is 628 g/mol. The Labute approximate surface area is 243 Å². The molecule has 1 fully saturated rings. The van der Waals surface area contributed by atoms with Crippen LogP contribution in [0.4, 0.5) is 0 Å². The fourth-order valence-electron chi connectivity index (χ4n) is 4.10. The summed E-state index contributed by atoms with van der Waals surface area (Å²) in [7, 11) is 0. The molecule has 3 heterocycles. The maximum Gasteiger partial charge on any atom is 0.353 e. The second kappa shape index (κ2) is 11.5. The lowest BCUT2D eigenvalue weighted by Crippen LogP contribution is -2.75. The monoisotopic (exact) mass is 626 g/mol. The van der Waals surface area contributed by atoms with E-state index in [1.807, 2.05) is 0 Å². The van der Waals surface area contributed by atoms with Gasteiger partial charge in [0.2, 0.25) is 11.3 Å². The van der Waals surface area contributed by atoms with Crippen molar-refractivity contribution in [3.05, 3.63) is 69.1 Å². The van der Waals surface area contributed by atoms with Crippen molar-refractivity contribution in [2.24, 2.45) is 0 Å². The SMILES string of the molecule is O=C(Cn1cnnn1)NC1C(=O)N2C(C(=O)O)=C(COc3cc(Cl)ccc3Oc3ccc(Cl)cc3Cl)C[S+]([O-])[C@@H]12. The normalized spacial score (nSPS) is 20.1. The standard InChI is InChI=1S/C23H17Cl3N6O7S/c24-12-1-3-15(14(26)5-12)39-16-4-2-13(25)6-17(16)38-8-11-9-40(37)22-19(21(34)32(22)20(11)23(35)36)28-18(33)7-31-10-27-29-30-31/h1-6,10,19,22H,7-9H2,(H,28,33)(H,35,36)/t19?,22-,40?/m0/s1. The van der Waals surface area contributed by atoms with Gasteiger partial charge in [0.25, 0.3) is 5.91 Å². The van der Waals surface area contributed by atoms with Gasteiger partial charge in [-0.15, -0.1) is 5.10 Å². The van der Waals surface area contributed by atoms with Crippen molar-refractivity contribution >= 4 is 63.8 Å². The van der Waals surface area contributed by atoms with E-state index in [1.165, 1.54) is 24.5 Å². The number of carbonyl (C=O) groups excluding carboxylic acids is 2. The smallest absolute Gasteiger partial charge is 0.353 e. The van der Waals surface area contributed by atoms with E-state index in [0.717, 1.165) is 9.58 Å². The minimum atomic E-state index is -1.75. The number of aliphatic carboxylic acids is 1. The summed E-state index contributed by atoms with van der Waals surface area (Å²) in [4.78, 5) is 38.3. The van der Waals surface area contributed by atoms with E-state index in [9.17, 15) is 24.0 Å². The fourth-order valence-corrected chi connectivity index (χ4v) is 6.38. The zero-order chi connectivity index (χ0) is 28.6. The Kier molecular flexibility index (Phi) is 8.05. The third-order valence-electron chi connectivity index (χ3n) is 5.84. The van der Waals surface area contributed by atoms with Gasteiger partial charge < -0.3 is 24.4 Å². The molecule has 208 valence electrons. The van der Waals surface area contributed by atoms with Gasteiger partial charge in [-0.2, -0.15) is 0 Å². The van der Waals surface area contributed by atoms with E-state index in [0.29, 0.717) is 10.0 Å². The van der Waals surface area contributed by atoms with Gasteiger partial charge in [0.15, 0.2) is 17.5 Å². The topological polar surface area (TPSA) is 172 Å². The zero-order valence-electron chi connectivity index (χ0n) is 20.0. The highest BCUT2D eigenvalue weighted by Crippen LogP contribution is 2.40. The minimum absolute atomic E-state index is 0.101. The molecule has 0 spiro atoms. The molecule has 0 saturated carbocycles. The van der Waals surface area contributed by atoms with Crippen LogP contribution in [0.5, 0.6) is 17.2 Å². The number of fused-ring (bicyclic) bond motifs is 1. The summed E-state index contributed by atoms with van der Waals surface area (Å²) >= 11 is 16.5. The Balaban J connectivity index is 1.34. The number of halogens is 3. The van der Waals surface area contributed by atoms with Crippen LogP contribution in [-0.4, -0.2) is 76.3 Å². The van der Waals surface area contributed by atoms with E-state index >= 15 is 0 Å². The van der Waals surface area contributed by atoms with Gasteiger partial charge in [0, 0.05) is 21.7 Å². The first-order valence-corrected chi connectivity index (χ1v) is 13.8. The number of ether oxygens (including phenoxy) is 2. The number of β-lactam (4-membered cyclic amide) rings is 1. The van der Waals surface area contributed by atoms with E-state index in [2.05, 4.69) is 20.8 Å². The summed E-state index contributed by atoms with van der Waals surface area (Å²) in [6.07, 6.45) is 1.21. The van der Waals surface area contributed by atoms with Crippen LogP contribution in [0.1, 0.15) is 0 Å². The molecule has 2 amide bonds. The molecule has 3 aromatic rings. The van der Waals surface area contributed by atoms with Crippen LogP contribution in [0.25, 0.3) is 0 Å². The molecule has 3 atom stereocenters. The van der Waals surface area contributed by atoms with Crippen LogP contribution in [0, 0.1) is 0 Å². The molecule has 2 N–H and O–H groups in total. The van der Waals surface area contributed by atoms with Gasteiger partial charge in [0.05, 0.1) is 5.02 Å². The zero-order valence-corrected chi connectivity index (χ0v) is 23.1. The first-order valence-electron chi connectivity index (χ1n) is 11.3. The molecule has 0 radical (unpaired) electrons. The van der Waals surface area contributed by atoms with Crippen molar-refractivity contribution in [3.63, 3.8) is 0 Å². The van der Waals surface area contributed by atoms with Gasteiger partial charge in [0.1, 0.15) is 36.7 Å². The van der Waals surface area contributed by atoms with Gasteiger partial charge in [-0.1, -0.05) is 34.8 Å². The lowest BCUT2D eigenvalue weighted by Gasteiger charge is -2.48. The Bertz CT molecular complexity index is 1520. The van der Waals surface area contributed by atoms with Crippen molar-refractivity contribution < 1.29 is 33.5 Å². The molecule has 2 aliphatic rings. The maximum absolute atomic E-state index is 13.1. The number of nitrogens with zero attached hydrogens (tertiary/aromatic N) is 5. The fraction of sp³-hybridized carbons (Fsp3) is 0.217. The number of tetrazole rings is 1. The first-order chi connectivity index (χ1) is 19.1. The summed E-state index contributed by atoms with van der Waals surface area (Å²) in [6, 6.07) is 8.02. The molecule has 0 bridgehead atoms. The molecule has 1 saturated heterocycles. The first kappa shape index (κ1) is 28.0. The number of carbonyl (C=O) groups is 3. The second-order valence-corrected chi connectivity index (χ2v) is 11.3. The van der Waals surface area contributed by atoms with Crippen LogP contribution in [-0.2, 0) is 32.1 Å². The van der Waals surface area contributed by atoms with Crippen molar-refractivity contribution in [2.45, 2.75) is 18.0 Å². The number of rotatable bonds is 9. The van der Waals surface area contributed by atoms with Gasteiger partial charge in [-0.05, 0) is 51.9 Å². The lowest BCUT2D eigenvalue weighted by atomic mass is 10.0. The lowest BCUT2D eigenvalue weighted by molar-refractivity contribution is -0.151. The number of hydrogen-bond donors (Lipinski definition) is 2. The highest BCUT2D eigenvalue weighted by molar-refractivity contribution is 7.92. The number of aromatic nitrogens is 4. The molecule has 0 aliphatic carbocycles. The quantitative estimate of drug-likeness (QED) is 0.265. The predicted molar refractivity (Wildman–Crippen MR) is 142 cm³/mol. The summed E-state index contributed by atoms with van der Waals surface area (Å²) < 4.78 is 25.9. The van der Waals surface area contributed by atoms with Crippen molar-refractivity contribution in [1.82, 2.24) is 30.4 Å². The largest absolute Gasteiger partial charge is 0.614 e. The predicted octanol–water partition coefficient (Wildman–Crippen LogP) is 2.26. The second-order valence-electron chi connectivity index (χ2n) is 8.49. The van der Waals surface area contributed by atoms with E-state index in [-0.39, 0.29) is 52.4 Å². The van der Waals surface area contributed by atoms with Crippen molar-refractivity contribution in [3.8, 4) is 17.2 Å². The van der Waals surface area contributed by atoms with Crippen LogP contribution in [0.3, 0.4) is 0 Å². The molecule has 5 rings (SSSR count). The maximum atomic E-state index is 13.1. The number of benzene rings is 2. The number of hydrogen-bond acceptors (Lipinski definition) is 9. The van der Waals surface area contributed by atoms with Crippen LogP contribution >= 0.6 is 34.8 Å². The summed E-state index contributed by atoms with van der Waals surface area (Å²) in [5.41, 5.74) is -0.268. The number of nitrogens with one attached hydrogen (secondary N) is 1. The Morgan fingerprint density at radius 2 is 1.85 bits per heavy atom. The highest BCUT2D eigenvalue weighted by Gasteiger charge is 2.61. The van der Waals surface area contributed by atoms with Crippen molar-refractivity contribution in [2.75, 3.05) is 12.4 Å². The molecule has 1 aromatic heterocycles. The van der Waals surface area contributed by atoms with E-state index < -0.39 is 40.4 Å². The summed E-state index contributed by atoms with van der Waals surface area (Å²) in [5, 5.41) is 22.7. The van der Waals surface area contributed by atoms with E-state index in [4.69, 9.17) is 44.3 Å². The van der Waals surface area contributed by atoms with Gasteiger partial charge in [-0.25, -0.2) is 9.48 Å². The molecule has 13 nitrogen and oxygen atoms in total. The molecule has 2 aromatic carbocycles. The van der Waals surface area contributed by atoms with Crippen LogP contribution in [0.15, 0.2) is 54.0 Å². The molecule has 2 unspecified atom stereocenters.